The highest BCUT2D eigenvalue weighted by Gasteiger charge is 2.05. The average molecular weight is 245 g/mol. The van der Waals surface area contributed by atoms with Crippen molar-refractivity contribution in [3.63, 3.8) is 0 Å². The van der Waals surface area contributed by atoms with Gasteiger partial charge in [-0.15, -0.1) is 0 Å². The van der Waals surface area contributed by atoms with Crippen LogP contribution < -0.4 is 5.32 Å². The summed E-state index contributed by atoms with van der Waals surface area (Å²) in [7, 11) is 0. The molecule has 5 heteroatoms. The third-order valence-corrected chi connectivity index (χ3v) is 2.69. The van der Waals surface area contributed by atoms with Crippen molar-refractivity contribution in [1.29, 1.82) is 0 Å². The second kappa shape index (κ2) is 5.35. The highest BCUT2D eigenvalue weighted by atomic mass is 16.3. The number of rotatable bonds is 4. The zero-order chi connectivity index (χ0) is 13.0. The summed E-state index contributed by atoms with van der Waals surface area (Å²) >= 11 is 0. The quantitative estimate of drug-likeness (QED) is 0.759. The molecule has 94 valence electrons. The van der Waals surface area contributed by atoms with Crippen LogP contribution in [-0.4, -0.2) is 21.2 Å². The van der Waals surface area contributed by atoms with Crippen LogP contribution in [0, 0.1) is 6.92 Å². The van der Waals surface area contributed by atoms with Gasteiger partial charge in [-0.25, -0.2) is 0 Å². The van der Waals surface area contributed by atoms with Gasteiger partial charge in [0.05, 0.1) is 12.6 Å². The van der Waals surface area contributed by atoms with E-state index in [2.05, 4.69) is 15.5 Å². The highest BCUT2D eigenvalue weighted by Crippen LogP contribution is 2.11. The first kappa shape index (κ1) is 12.2. The monoisotopic (exact) mass is 245 g/mol. The summed E-state index contributed by atoms with van der Waals surface area (Å²) < 4.78 is 0. The molecule has 3 N–H and O–H groups in total. The maximum atomic E-state index is 11.7. The van der Waals surface area contributed by atoms with Crippen LogP contribution in [0.3, 0.4) is 0 Å². The van der Waals surface area contributed by atoms with Gasteiger partial charge < -0.3 is 10.4 Å². The van der Waals surface area contributed by atoms with Crippen LogP contribution in [0.15, 0.2) is 30.5 Å². The van der Waals surface area contributed by atoms with Crippen molar-refractivity contribution < 1.29 is 9.90 Å². The molecule has 0 aliphatic heterocycles. The number of benzene rings is 1. The van der Waals surface area contributed by atoms with E-state index in [1.165, 1.54) is 0 Å². The summed E-state index contributed by atoms with van der Waals surface area (Å²) in [5.41, 5.74) is 2.71. The van der Waals surface area contributed by atoms with E-state index >= 15 is 0 Å². The van der Waals surface area contributed by atoms with Crippen LogP contribution in [0.1, 0.15) is 16.8 Å². The highest BCUT2D eigenvalue weighted by molar-refractivity contribution is 5.78. The summed E-state index contributed by atoms with van der Waals surface area (Å²) in [4.78, 5) is 11.7. The number of phenols is 1. The van der Waals surface area contributed by atoms with Crippen molar-refractivity contribution in [2.24, 2.45) is 0 Å². The average Bonchev–Trinajstić information content (AvgIpc) is 2.72. The standard InChI is InChI=1S/C13H15N3O2/c1-9-11(8-15-16-9)7-14-13(18)6-10-3-2-4-12(17)5-10/h2-5,8,17H,6-7H2,1H3,(H,14,18)(H,15,16). The lowest BCUT2D eigenvalue weighted by atomic mass is 10.1. The van der Waals surface area contributed by atoms with Gasteiger partial charge in [0.25, 0.3) is 0 Å². The van der Waals surface area contributed by atoms with Crippen LogP contribution >= 0.6 is 0 Å². The molecule has 1 aromatic heterocycles. The molecule has 0 bridgehead atoms. The molecule has 0 saturated heterocycles. The normalized spacial score (nSPS) is 10.3. The number of carbonyl (C=O) groups is 1. The molecule has 2 aromatic rings. The minimum absolute atomic E-state index is 0.0822. The number of carbonyl (C=O) groups excluding carboxylic acids is 1. The third kappa shape index (κ3) is 3.10. The van der Waals surface area contributed by atoms with E-state index in [0.717, 1.165) is 16.8 Å². The maximum absolute atomic E-state index is 11.7. The number of amides is 1. The number of phenolic OH excluding ortho intramolecular Hbond substituents is 1. The number of aromatic hydroxyl groups is 1. The first-order valence-corrected chi connectivity index (χ1v) is 5.68. The van der Waals surface area contributed by atoms with Crippen molar-refractivity contribution in [2.45, 2.75) is 19.9 Å². The first-order chi connectivity index (χ1) is 8.65. The molecule has 0 atom stereocenters. The molecule has 0 saturated carbocycles. The van der Waals surface area contributed by atoms with Crippen LogP contribution in [-0.2, 0) is 17.8 Å². The second-order valence-electron chi connectivity index (χ2n) is 4.14. The van der Waals surface area contributed by atoms with Crippen molar-refractivity contribution in [1.82, 2.24) is 15.5 Å². The molecule has 18 heavy (non-hydrogen) atoms. The summed E-state index contributed by atoms with van der Waals surface area (Å²) in [6.07, 6.45) is 1.95. The van der Waals surface area contributed by atoms with Gasteiger partial charge in [-0.3, -0.25) is 9.89 Å². The van der Waals surface area contributed by atoms with Gasteiger partial charge in [0.1, 0.15) is 5.75 Å². The minimum Gasteiger partial charge on any atom is -0.508 e. The number of aromatic amines is 1. The van der Waals surface area contributed by atoms with Gasteiger partial charge in [0, 0.05) is 17.8 Å². The molecule has 2 rings (SSSR count). The molecule has 0 spiro atoms. The Morgan fingerprint density at radius 3 is 3.00 bits per heavy atom. The van der Waals surface area contributed by atoms with Crippen molar-refractivity contribution in [3.05, 3.63) is 47.3 Å². The molecular weight excluding hydrogens is 230 g/mol. The van der Waals surface area contributed by atoms with Crippen LogP contribution in [0.25, 0.3) is 0 Å². The van der Waals surface area contributed by atoms with Gasteiger partial charge in [-0.1, -0.05) is 12.1 Å². The number of hydrogen-bond acceptors (Lipinski definition) is 3. The fraction of sp³-hybridized carbons (Fsp3) is 0.231. The van der Waals surface area contributed by atoms with E-state index in [4.69, 9.17) is 0 Å². The predicted molar refractivity (Wildman–Crippen MR) is 67.0 cm³/mol. The summed E-state index contributed by atoms with van der Waals surface area (Å²) in [5.74, 6) is 0.0900. The van der Waals surface area contributed by atoms with Gasteiger partial charge in [0.15, 0.2) is 0 Å². The van der Waals surface area contributed by atoms with E-state index in [-0.39, 0.29) is 18.1 Å². The minimum atomic E-state index is -0.0822. The second-order valence-corrected chi connectivity index (χ2v) is 4.14. The van der Waals surface area contributed by atoms with E-state index in [1.807, 2.05) is 13.0 Å². The fourth-order valence-corrected chi connectivity index (χ4v) is 1.66. The van der Waals surface area contributed by atoms with Gasteiger partial charge in [0.2, 0.25) is 5.91 Å². The predicted octanol–water partition coefficient (Wildman–Crippen LogP) is 1.28. The van der Waals surface area contributed by atoms with Gasteiger partial charge >= 0.3 is 0 Å². The molecule has 1 heterocycles. The Morgan fingerprint density at radius 1 is 1.50 bits per heavy atom. The van der Waals surface area contributed by atoms with Crippen molar-refractivity contribution in [2.75, 3.05) is 0 Å². The SMILES string of the molecule is Cc1[nH]ncc1CNC(=O)Cc1cccc(O)c1. The van der Waals surface area contributed by atoms with Gasteiger partial charge in [-0.2, -0.15) is 5.10 Å². The summed E-state index contributed by atoms with van der Waals surface area (Å²) in [6.45, 7) is 2.36. The van der Waals surface area contributed by atoms with E-state index in [1.54, 1.807) is 24.4 Å². The van der Waals surface area contributed by atoms with Crippen molar-refractivity contribution in [3.8, 4) is 5.75 Å². The lowest BCUT2D eigenvalue weighted by molar-refractivity contribution is -0.120. The molecule has 1 amide bonds. The zero-order valence-corrected chi connectivity index (χ0v) is 10.1. The summed E-state index contributed by atoms with van der Waals surface area (Å²) in [6, 6.07) is 6.69. The van der Waals surface area contributed by atoms with Crippen LogP contribution in [0.5, 0.6) is 5.75 Å². The number of nitrogens with one attached hydrogen (secondary N) is 2. The number of nitrogens with zero attached hydrogens (tertiary/aromatic N) is 1. The fourth-order valence-electron chi connectivity index (χ4n) is 1.66. The van der Waals surface area contributed by atoms with E-state index < -0.39 is 0 Å². The topological polar surface area (TPSA) is 78.0 Å². The number of aromatic nitrogens is 2. The Kier molecular flexibility index (Phi) is 3.62. The van der Waals surface area contributed by atoms with E-state index in [9.17, 15) is 9.90 Å². The van der Waals surface area contributed by atoms with Crippen molar-refractivity contribution >= 4 is 5.91 Å². The maximum Gasteiger partial charge on any atom is 0.224 e. The number of H-pyrrole nitrogens is 1. The molecule has 0 aliphatic rings. The molecule has 0 aliphatic carbocycles. The zero-order valence-electron chi connectivity index (χ0n) is 10.1. The summed E-state index contributed by atoms with van der Waals surface area (Å²) in [5, 5.41) is 18.8. The lowest BCUT2D eigenvalue weighted by Crippen LogP contribution is -2.24. The Bertz CT molecular complexity index is 549. The first-order valence-electron chi connectivity index (χ1n) is 5.68. The smallest absolute Gasteiger partial charge is 0.224 e. The van der Waals surface area contributed by atoms with E-state index in [0.29, 0.717) is 6.54 Å². The Morgan fingerprint density at radius 2 is 2.33 bits per heavy atom. The third-order valence-electron chi connectivity index (χ3n) is 2.69. The van der Waals surface area contributed by atoms with Crippen LogP contribution in [0.4, 0.5) is 0 Å². The number of hydrogen-bond donors (Lipinski definition) is 3. The molecule has 1 aromatic carbocycles. The lowest BCUT2D eigenvalue weighted by Gasteiger charge is -2.05. The number of aryl methyl sites for hydroxylation is 1. The Hall–Kier alpha value is -2.30. The molecule has 0 fully saturated rings. The molecule has 0 unspecified atom stereocenters. The Labute approximate surface area is 105 Å². The molecule has 0 radical (unpaired) electrons. The largest absolute Gasteiger partial charge is 0.508 e. The van der Waals surface area contributed by atoms with Crippen LogP contribution in [0.2, 0.25) is 0 Å². The molecular formula is C13H15N3O2. The Balaban J connectivity index is 1.88. The molecule has 5 nitrogen and oxygen atoms in total. The van der Waals surface area contributed by atoms with Gasteiger partial charge in [-0.05, 0) is 24.6 Å².